The van der Waals surface area contributed by atoms with E-state index in [1.54, 1.807) is 24.4 Å². The summed E-state index contributed by atoms with van der Waals surface area (Å²) in [4.78, 5) is 2.09. The number of aliphatic hydroxyl groups is 1. The summed E-state index contributed by atoms with van der Waals surface area (Å²) < 4.78 is 19.5. The molecule has 0 unspecified atom stereocenters. The van der Waals surface area contributed by atoms with E-state index in [0.717, 1.165) is 0 Å². The molecule has 128 valence electrons. The first-order chi connectivity index (χ1) is 11.7. The monoisotopic (exact) mass is 332 g/mol. The van der Waals surface area contributed by atoms with Crippen molar-refractivity contribution in [3.8, 4) is 0 Å². The summed E-state index contributed by atoms with van der Waals surface area (Å²) in [6.07, 6.45) is 0.750. The summed E-state index contributed by atoms with van der Waals surface area (Å²) in [5.74, 6) is 0.323. The first-order valence-corrected chi connectivity index (χ1v) is 8.00. The number of anilines is 1. The number of hydrogen-bond donors (Lipinski definition) is 2. The van der Waals surface area contributed by atoms with Crippen LogP contribution < -0.4 is 5.32 Å². The van der Waals surface area contributed by atoms with Gasteiger partial charge in [0, 0.05) is 37.9 Å². The predicted molar refractivity (Wildman–Crippen MR) is 88.1 cm³/mol. The van der Waals surface area contributed by atoms with Crippen LogP contribution in [0, 0.1) is 5.82 Å². The van der Waals surface area contributed by atoms with E-state index in [0.29, 0.717) is 44.2 Å². The molecule has 0 saturated carbocycles. The zero-order valence-electron chi connectivity index (χ0n) is 13.3. The molecule has 7 heteroatoms. The van der Waals surface area contributed by atoms with Gasteiger partial charge in [0.1, 0.15) is 11.6 Å². The number of aromatic nitrogens is 2. The van der Waals surface area contributed by atoms with E-state index in [9.17, 15) is 9.50 Å². The van der Waals surface area contributed by atoms with Crippen LogP contribution in [-0.4, -0.2) is 59.1 Å². The zero-order valence-corrected chi connectivity index (χ0v) is 13.3. The maximum Gasteiger partial charge on any atom is 0.148 e. The van der Waals surface area contributed by atoms with Crippen LogP contribution in [0.5, 0.6) is 0 Å². The van der Waals surface area contributed by atoms with E-state index < -0.39 is 6.10 Å². The minimum Gasteiger partial charge on any atom is -0.387 e. The molecular formula is C17H21FN4O2. The Hall–Kier alpha value is -2.09. The lowest BCUT2D eigenvalue weighted by atomic mass is 10.1. The maximum atomic E-state index is 13.8. The minimum atomic E-state index is -0.849. The quantitative estimate of drug-likeness (QED) is 0.835. The van der Waals surface area contributed by atoms with Crippen molar-refractivity contribution in [1.29, 1.82) is 0 Å². The average Bonchev–Trinajstić information content (AvgIpc) is 2.61. The van der Waals surface area contributed by atoms with Crippen molar-refractivity contribution < 1.29 is 14.2 Å². The molecule has 1 aliphatic rings. The number of ether oxygens (including phenoxy) is 1. The normalized spacial score (nSPS) is 19.8. The van der Waals surface area contributed by atoms with Gasteiger partial charge in [0.15, 0.2) is 0 Å². The van der Waals surface area contributed by atoms with Gasteiger partial charge >= 0.3 is 0 Å². The van der Waals surface area contributed by atoms with Crippen LogP contribution in [0.25, 0.3) is 0 Å². The van der Waals surface area contributed by atoms with Crippen LogP contribution in [0.15, 0.2) is 42.6 Å². The molecule has 6 nitrogen and oxygen atoms in total. The molecule has 2 atom stereocenters. The fourth-order valence-corrected chi connectivity index (χ4v) is 2.77. The second-order valence-corrected chi connectivity index (χ2v) is 5.78. The van der Waals surface area contributed by atoms with Gasteiger partial charge in [-0.25, -0.2) is 4.39 Å². The van der Waals surface area contributed by atoms with Crippen LogP contribution in [0.3, 0.4) is 0 Å². The number of nitrogens with zero attached hydrogens (tertiary/aromatic N) is 3. The van der Waals surface area contributed by atoms with Gasteiger partial charge in [-0.15, -0.1) is 5.10 Å². The highest BCUT2D eigenvalue weighted by Gasteiger charge is 2.23. The van der Waals surface area contributed by atoms with Gasteiger partial charge in [0.2, 0.25) is 0 Å². The van der Waals surface area contributed by atoms with E-state index in [4.69, 9.17) is 4.74 Å². The first kappa shape index (κ1) is 16.8. The fourth-order valence-electron chi connectivity index (χ4n) is 2.77. The molecule has 0 bridgehead atoms. The number of rotatable bonds is 6. The number of β-amino-alcohol motifs (C(OH)–C–C–N with tert-alkyl or cyclic N) is 1. The van der Waals surface area contributed by atoms with Crippen LogP contribution in [0.4, 0.5) is 10.2 Å². The Morgan fingerprint density at radius 1 is 1.33 bits per heavy atom. The van der Waals surface area contributed by atoms with E-state index in [1.165, 1.54) is 6.07 Å². The molecule has 0 spiro atoms. The second kappa shape index (κ2) is 8.14. The molecule has 1 fully saturated rings. The summed E-state index contributed by atoms with van der Waals surface area (Å²) in [5.41, 5.74) is 0.332. The van der Waals surface area contributed by atoms with Gasteiger partial charge in [0.25, 0.3) is 0 Å². The summed E-state index contributed by atoms with van der Waals surface area (Å²) in [7, 11) is 0. The Bertz CT molecular complexity index is 643. The fraction of sp³-hybridized carbons (Fsp3) is 0.412. The van der Waals surface area contributed by atoms with Crippen LogP contribution in [0.2, 0.25) is 0 Å². The molecular weight excluding hydrogens is 311 g/mol. The van der Waals surface area contributed by atoms with Crippen molar-refractivity contribution in [3.05, 3.63) is 54.0 Å². The average molecular weight is 332 g/mol. The smallest absolute Gasteiger partial charge is 0.148 e. The van der Waals surface area contributed by atoms with Crippen molar-refractivity contribution in [2.24, 2.45) is 0 Å². The Morgan fingerprint density at radius 3 is 3.00 bits per heavy atom. The van der Waals surface area contributed by atoms with Crippen molar-refractivity contribution >= 4 is 5.82 Å². The van der Waals surface area contributed by atoms with E-state index in [1.807, 2.05) is 12.1 Å². The van der Waals surface area contributed by atoms with Crippen molar-refractivity contribution in [2.45, 2.75) is 12.2 Å². The summed E-state index contributed by atoms with van der Waals surface area (Å²) in [6, 6.07) is 9.99. The highest BCUT2D eigenvalue weighted by Crippen LogP contribution is 2.19. The number of benzene rings is 1. The number of hydrogen-bond acceptors (Lipinski definition) is 6. The van der Waals surface area contributed by atoms with Gasteiger partial charge < -0.3 is 15.2 Å². The summed E-state index contributed by atoms with van der Waals surface area (Å²) >= 11 is 0. The Labute approximate surface area is 140 Å². The topological polar surface area (TPSA) is 70.5 Å². The summed E-state index contributed by atoms with van der Waals surface area (Å²) in [6.45, 7) is 2.94. The van der Waals surface area contributed by atoms with Gasteiger partial charge in [-0.1, -0.05) is 18.2 Å². The third kappa shape index (κ3) is 4.47. The molecule has 2 aromatic rings. The molecule has 2 heterocycles. The Balaban J connectivity index is 1.51. The first-order valence-electron chi connectivity index (χ1n) is 8.00. The van der Waals surface area contributed by atoms with Crippen molar-refractivity contribution in [2.75, 3.05) is 38.1 Å². The molecule has 0 radical (unpaired) electrons. The SMILES string of the molecule is O[C@H](CN1CCO[C@@H](CNc2cccnn2)C1)c1ccccc1F. The molecule has 1 aromatic heterocycles. The van der Waals surface area contributed by atoms with E-state index in [2.05, 4.69) is 20.4 Å². The van der Waals surface area contributed by atoms with Crippen molar-refractivity contribution in [3.63, 3.8) is 0 Å². The number of aliphatic hydroxyl groups excluding tert-OH is 1. The lowest BCUT2D eigenvalue weighted by molar-refractivity contribution is -0.0346. The largest absolute Gasteiger partial charge is 0.387 e. The standard InChI is InChI=1S/C17H21FN4O2/c18-15-5-2-1-4-14(15)16(23)12-22-8-9-24-13(11-22)10-19-17-6-3-7-20-21-17/h1-7,13,16,23H,8-12H2,(H,19,21)/t13-,16+/m0/s1. The molecule has 0 aliphatic carbocycles. The van der Waals surface area contributed by atoms with Gasteiger partial charge in [-0.2, -0.15) is 5.10 Å². The predicted octanol–water partition coefficient (Wildman–Crippen LogP) is 1.46. The zero-order chi connectivity index (χ0) is 16.8. The molecule has 3 rings (SSSR count). The molecule has 1 aromatic carbocycles. The molecule has 2 N–H and O–H groups in total. The highest BCUT2D eigenvalue weighted by atomic mass is 19.1. The number of nitrogens with one attached hydrogen (secondary N) is 1. The third-order valence-corrected chi connectivity index (χ3v) is 4.00. The van der Waals surface area contributed by atoms with Gasteiger partial charge in [-0.3, -0.25) is 4.90 Å². The van der Waals surface area contributed by atoms with Crippen LogP contribution in [-0.2, 0) is 4.74 Å². The molecule has 1 saturated heterocycles. The molecule has 0 amide bonds. The Kier molecular flexibility index (Phi) is 5.68. The Morgan fingerprint density at radius 2 is 2.21 bits per heavy atom. The summed E-state index contributed by atoms with van der Waals surface area (Å²) in [5, 5.41) is 21.3. The van der Waals surface area contributed by atoms with E-state index >= 15 is 0 Å². The number of halogens is 1. The lowest BCUT2D eigenvalue weighted by Gasteiger charge is -2.34. The van der Waals surface area contributed by atoms with Gasteiger partial charge in [-0.05, 0) is 18.2 Å². The molecule has 1 aliphatic heterocycles. The second-order valence-electron chi connectivity index (χ2n) is 5.78. The maximum absolute atomic E-state index is 13.8. The highest BCUT2D eigenvalue weighted by molar-refractivity contribution is 5.31. The van der Waals surface area contributed by atoms with Gasteiger partial charge in [0.05, 0.1) is 18.8 Å². The third-order valence-electron chi connectivity index (χ3n) is 4.00. The van der Waals surface area contributed by atoms with E-state index in [-0.39, 0.29) is 11.9 Å². The van der Waals surface area contributed by atoms with Crippen molar-refractivity contribution in [1.82, 2.24) is 15.1 Å². The van der Waals surface area contributed by atoms with Crippen LogP contribution >= 0.6 is 0 Å². The minimum absolute atomic E-state index is 0.0198. The van der Waals surface area contributed by atoms with Crippen LogP contribution in [0.1, 0.15) is 11.7 Å². The number of morpholine rings is 1. The molecule has 24 heavy (non-hydrogen) atoms. The lowest BCUT2D eigenvalue weighted by Crippen LogP contribution is -2.46.